The van der Waals surface area contributed by atoms with E-state index in [1.807, 2.05) is 6.55 Å². The molecule has 0 saturated carbocycles. The number of carboxylic acid groups (broad SMARTS) is 1. The van der Waals surface area contributed by atoms with Crippen molar-refractivity contribution in [2.24, 2.45) is 0 Å². The lowest BCUT2D eigenvalue weighted by atomic mass is 10.2. The number of hydrogen-bond acceptors (Lipinski definition) is 6. The van der Waals surface area contributed by atoms with Crippen molar-refractivity contribution in [3.63, 3.8) is 0 Å². The first-order chi connectivity index (χ1) is 14.4. The molecule has 0 aliphatic rings. The fraction of sp³-hybridized carbons (Fsp3) is 0.850. The summed E-state index contributed by atoms with van der Waals surface area (Å²) in [5.41, 5.74) is 0.351. The molecule has 33 heavy (non-hydrogen) atoms. The van der Waals surface area contributed by atoms with Gasteiger partial charge in [-0.25, -0.2) is 4.79 Å². The van der Waals surface area contributed by atoms with E-state index < -0.39 is 56.8 Å². The van der Waals surface area contributed by atoms with Gasteiger partial charge in [0, 0.05) is 18.2 Å². The minimum atomic E-state index is -3.20. The van der Waals surface area contributed by atoms with Crippen molar-refractivity contribution < 1.29 is 30.5 Å². The molecule has 0 aromatic rings. The quantitative estimate of drug-likeness (QED) is 0.133. The van der Waals surface area contributed by atoms with Crippen molar-refractivity contribution in [1.29, 1.82) is 0 Å². The van der Waals surface area contributed by atoms with Gasteiger partial charge < -0.3 is 25.7 Å². The van der Waals surface area contributed by atoms with E-state index in [0.29, 0.717) is 18.0 Å². The predicted molar refractivity (Wildman–Crippen MR) is 152 cm³/mol. The van der Waals surface area contributed by atoms with Crippen LogP contribution in [-0.2, 0) is 25.4 Å². The summed E-state index contributed by atoms with van der Waals surface area (Å²) in [7, 11) is -14.3. The molecular weight excluding hydrogens is 521 g/mol. The molecule has 13 heteroatoms. The summed E-state index contributed by atoms with van der Waals surface area (Å²) >= 11 is 0. The molecule has 0 spiro atoms. The number of carboxylic acids is 1. The molecule has 0 aliphatic heterocycles. The van der Waals surface area contributed by atoms with E-state index >= 15 is 0 Å². The monoisotopic (exact) mass is 570 g/mol. The lowest BCUT2D eigenvalue weighted by Gasteiger charge is -2.46. The molecule has 0 unspecified atom stereocenters. The van der Waals surface area contributed by atoms with Gasteiger partial charge >= 0.3 is 23.6 Å². The van der Waals surface area contributed by atoms with E-state index in [9.17, 15) is 9.90 Å². The normalized spacial score (nSPS) is 15.2. The van der Waals surface area contributed by atoms with Gasteiger partial charge in [-0.15, -0.1) is 0 Å². The van der Waals surface area contributed by atoms with Crippen LogP contribution in [0.2, 0.25) is 91.2 Å². The first-order valence-electron chi connectivity index (χ1n) is 11.8. The maximum Gasteiger partial charge on any atom is 0.472 e. The van der Waals surface area contributed by atoms with Crippen LogP contribution in [0.25, 0.3) is 0 Å². The third-order valence-electron chi connectivity index (χ3n) is 3.72. The van der Waals surface area contributed by atoms with Gasteiger partial charge in [0.1, 0.15) is 0 Å². The third kappa shape index (κ3) is 16.6. The van der Waals surface area contributed by atoms with Crippen molar-refractivity contribution in [1.82, 2.24) is 0 Å². The molecule has 7 nitrogen and oxygen atoms in total. The summed E-state index contributed by atoms with van der Waals surface area (Å²) in [6.45, 7) is 29.4. The molecule has 0 fully saturated rings. The minimum Gasteiger partial charge on any atom is -0.478 e. The molecule has 0 amide bonds. The zero-order chi connectivity index (χ0) is 26.5. The molecule has 0 radical (unpaired) electrons. The number of allylic oxidation sites excluding steroid dienone is 1. The molecule has 0 atom stereocenters. The molecule has 196 valence electrons. The van der Waals surface area contributed by atoms with Gasteiger partial charge in [-0.3, -0.25) is 0 Å². The zero-order valence-electron chi connectivity index (χ0n) is 23.6. The van der Waals surface area contributed by atoms with E-state index in [4.69, 9.17) is 20.6 Å². The molecule has 0 bridgehead atoms. The number of hydrogen-bond donors (Lipinski definition) is 1. The van der Waals surface area contributed by atoms with Gasteiger partial charge in [0.2, 0.25) is 0 Å². The minimum absolute atomic E-state index is 0.351. The van der Waals surface area contributed by atoms with Crippen LogP contribution in [-0.4, -0.2) is 62.0 Å². The second-order valence-electron chi connectivity index (χ2n) is 12.6. The summed E-state index contributed by atoms with van der Waals surface area (Å²) in [5.74, 6) is -0.890. The van der Waals surface area contributed by atoms with Gasteiger partial charge in [0.25, 0.3) is 0 Å². The largest absolute Gasteiger partial charge is 0.478 e. The average molecular weight is 571 g/mol. The van der Waals surface area contributed by atoms with Gasteiger partial charge in [-0.05, 0) is 98.3 Å². The van der Waals surface area contributed by atoms with Crippen molar-refractivity contribution in [3.8, 4) is 0 Å². The SMILES string of the molecule is CC(=CCCC[Si](O[Si](C)(C)C)(O[Si](C)(C)C)O[Si](C)(O[Si](C)(C)C)O[Si](C)(C)C)C(=O)O. The molecule has 0 aromatic carbocycles. The Balaban J connectivity index is 6.32. The number of unbranched alkanes of at least 4 members (excludes halogenated alkanes) is 1. The second kappa shape index (κ2) is 12.0. The van der Waals surface area contributed by atoms with Crippen LogP contribution in [0.4, 0.5) is 0 Å². The summed E-state index contributed by atoms with van der Waals surface area (Å²) in [5, 5.41) is 9.17. The highest BCUT2D eigenvalue weighted by Gasteiger charge is 2.56. The predicted octanol–water partition coefficient (Wildman–Crippen LogP) is 6.73. The van der Waals surface area contributed by atoms with E-state index in [2.05, 4.69) is 78.6 Å². The maximum atomic E-state index is 11.2. The molecule has 0 rings (SSSR count). The van der Waals surface area contributed by atoms with Crippen LogP contribution in [0.5, 0.6) is 0 Å². The highest BCUT2D eigenvalue weighted by atomic mass is 28.5. The Morgan fingerprint density at radius 3 is 1.33 bits per heavy atom. The van der Waals surface area contributed by atoms with Crippen LogP contribution in [0.3, 0.4) is 0 Å². The topological polar surface area (TPSA) is 83.5 Å². The van der Waals surface area contributed by atoms with Gasteiger partial charge in [0.05, 0.1) is 0 Å². The standard InChI is InChI=1S/C20H50O7Si6/c1-19(20(21)22)17-15-16-18-33(25-30(8,9)10,26-31(11,12)13)27-32(14,23-28(2,3)4)24-29(5,6)7/h17H,15-16,18H2,1-14H3,(H,21,22). The molecular formula is C20H50O7Si6. The van der Waals surface area contributed by atoms with Crippen LogP contribution < -0.4 is 0 Å². The lowest BCUT2D eigenvalue weighted by Crippen LogP contribution is -2.66. The average Bonchev–Trinajstić information content (AvgIpc) is 2.42. The van der Waals surface area contributed by atoms with Crippen molar-refractivity contribution >= 4 is 56.8 Å². The number of carbonyl (C=O) groups is 1. The van der Waals surface area contributed by atoms with E-state index in [1.165, 1.54) is 0 Å². The maximum absolute atomic E-state index is 11.2. The summed E-state index contributed by atoms with van der Waals surface area (Å²) in [4.78, 5) is 11.2. The third-order valence-corrected chi connectivity index (χ3v) is 22.7. The summed E-state index contributed by atoms with van der Waals surface area (Å²) in [6.07, 6.45) is 3.11. The molecule has 0 saturated heterocycles. The van der Waals surface area contributed by atoms with Gasteiger partial charge in [-0.2, -0.15) is 0 Å². The summed E-state index contributed by atoms with van der Waals surface area (Å²) in [6, 6.07) is 0.609. The first kappa shape index (κ1) is 33.3. The smallest absolute Gasteiger partial charge is 0.472 e. The Kier molecular flexibility index (Phi) is 12.1. The Labute approximate surface area is 209 Å². The van der Waals surface area contributed by atoms with Crippen molar-refractivity contribution in [3.05, 3.63) is 11.6 Å². The molecule has 0 aliphatic carbocycles. The van der Waals surface area contributed by atoms with E-state index in [-0.39, 0.29) is 0 Å². The molecule has 0 aromatic heterocycles. The Morgan fingerprint density at radius 2 is 1.03 bits per heavy atom. The van der Waals surface area contributed by atoms with Crippen LogP contribution in [0.15, 0.2) is 11.6 Å². The Morgan fingerprint density at radius 1 is 0.667 bits per heavy atom. The van der Waals surface area contributed by atoms with Gasteiger partial charge in [0.15, 0.2) is 33.3 Å². The Bertz CT molecular complexity index is 640. The summed E-state index contributed by atoms with van der Waals surface area (Å²) < 4.78 is 33.9. The number of aliphatic carboxylic acids is 1. The highest BCUT2D eigenvalue weighted by molar-refractivity contribution is 6.92. The fourth-order valence-electron chi connectivity index (χ4n) is 3.33. The Hall–Kier alpha value is 0.311. The van der Waals surface area contributed by atoms with Crippen LogP contribution in [0.1, 0.15) is 19.8 Å². The van der Waals surface area contributed by atoms with E-state index in [1.54, 1.807) is 13.0 Å². The van der Waals surface area contributed by atoms with Gasteiger partial charge in [-0.1, -0.05) is 6.08 Å². The van der Waals surface area contributed by atoms with Crippen LogP contribution in [0, 0.1) is 0 Å². The lowest BCUT2D eigenvalue weighted by molar-refractivity contribution is -0.132. The number of rotatable bonds is 15. The molecule has 0 heterocycles. The van der Waals surface area contributed by atoms with Crippen molar-refractivity contribution in [2.45, 2.75) is 111 Å². The van der Waals surface area contributed by atoms with E-state index in [0.717, 1.165) is 6.42 Å². The fourth-order valence-corrected chi connectivity index (χ4v) is 27.1. The van der Waals surface area contributed by atoms with Crippen molar-refractivity contribution in [2.75, 3.05) is 0 Å². The second-order valence-corrected chi connectivity index (χ2v) is 37.2. The molecule has 1 N–H and O–H groups in total. The first-order valence-corrected chi connectivity index (χ1v) is 29.6. The zero-order valence-corrected chi connectivity index (χ0v) is 29.6. The van der Waals surface area contributed by atoms with Crippen LogP contribution >= 0.6 is 0 Å². The highest BCUT2D eigenvalue weighted by Crippen LogP contribution is 2.33.